The van der Waals surface area contributed by atoms with Gasteiger partial charge in [-0.2, -0.15) is 0 Å². The second-order valence-corrected chi connectivity index (χ2v) is 10.9. The highest BCUT2D eigenvalue weighted by atomic mass is 35.5. The van der Waals surface area contributed by atoms with Crippen LogP contribution >= 0.6 is 34.5 Å². The second-order valence-electron chi connectivity index (χ2n) is 9.25. The first kappa shape index (κ1) is 28.6. The van der Waals surface area contributed by atoms with E-state index in [2.05, 4.69) is 10.6 Å². The fourth-order valence-electron chi connectivity index (χ4n) is 4.40. The van der Waals surface area contributed by atoms with Crippen LogP contribution in [0.5, 0.6) is 0 Å². The molecule has 8 nitrogen and oxygen atoms in total. The van der Waals surface area contributed by atoms with E-state index in [-0.39, 0.29) is 24.4 Å². The highest BCUT2D eigenvalue weighted by Gasteiger charge is 2.28. The number of carboxylic acids is 1. The quantitative estimate of drug-likeness (QED) is 0.309. The molecule has 1 fully saturated rings. The van der Waals surface area contributed by atoms with Crippen molar-refractivity contribution in [2.75, 3.05) is 19.6 Å². The zero-order valence-corrected chi connectivity index (χ0v) is 23.2. The van der Waals surface area contributed by atoms with Crippen molar-refractivity contribution in [2.24, 2.45) is 5.92 Å². The van der Waals surface area contributed by atoms with Crippen LogP contribution < -0.4 is 10.6 Å². The van der Waals surface area contributed by atoms with Gasteiger partial charge in [-0.3, -0.25) is 19.2 Å². The maximum Gasteiger partial charge on any atom is 0.304 e. The van der Waals surface area contributed by atoms with E-state index in [9.17, 15) is 24.3 Å². The Morgan fingerprint density at radius 2 is 1.79 bits per heavy atom. The Balaban J connectivity index is 1.29. The minimum Gasteiger partial charge on any atom is -0.481 e. The molecule has 11 heteroatoms. The molecule has 0 radical (unpaired) electrons. The largest absolute Gasteiger partial charge is 0.481 e. The maximum atomic E-state index is 12.9. The molecule has 0 bridgehead atoms. The number of benzene rings is 2. The monoisotopic (exact) mass is 587 g/mol. The Kier molecular flexibility index (Phi) is 9.61. The number of rotatable bonds is 9. The number of piperidine rings is 1. The number of nitrogens with zero attached hydrogens (tertiary/aromatic N) is 1. The first-order valence-electron chi connectivity index (χ1n) is 12.4. The van der Waals surface area contributed by atoms with Crippen LogP contribution in [0, 0.1) is 5.92 Å². The summed E-state index contributed by atoms with van der Waals surface area (Å²) in [5, 5.41) is 18.6. The number of halogens is 2. The molecule has 1 atom stereocenters. The predicted molar refractivity (Wildman–Crippen MR) is 153 cm³/mol. The number of hydrogen-bond donors (Lipinski definition) is 3. The van der Waals surface area contributed by atoms with Crippen LogP contribution in [-0.2, 0) is 14.4 Å². The molecule has 3 aromatic rings. The standard InChI is InChI=1S/C28H27Cl2N3O5S/c29-24-18(14-19-10-13-39-26(19)25(24)30)6-7-22(34)33-11-8-21(9-12-33)32-28(38)20(15-23(35)36)16-31-27(37)17-4-2-1-3-5-17/h1-7,10,13-14,20-21H,8-9,11-12,15-16H2,(H,31,37)(H,32,38)(H,35,36). The van der Waals surface area contributed by atoms with Gasteiger partial charge >= 0.3 is 5.97 Å². The van der Waals surface area contributed by atoms with Gasteiger partial charge in [0.2, 0.25) is 11.8 Å². The zero-order valence-electron chi connectivity index (χ0n) is 20.9. The molecular formula is C28H27Cl2N3O5S. The Labute approximate surface area is 239 Å². The van der Waals surface area contributed by atoms with Crippen molar-refractivity contribution < 1.29 is 24.3 Å². The molecule has 1 aliphatic rings. The third-order valence-electron chi connectivity index (χ3n) is 6.55. The van der Waals surface area contributed by atoms with Crippen LogP contribution in [0.25, 0.3) is 16.2 Å². The molecule has 1 unspecified atom stereocenters. The summed E-state index contributed by atoms with van der Waals surface area (Å²) in [4.78, 5) is 51.0. The molecule has 2 aromatic carbocycles. The molecule has 0 saturated carbocycles. The van der Waals surface area contributed by atoms with Gasteiger partial charge in [0.25, 0.3) is 5.91 Å². The van der Waals surface area contributed by atoms with Gasteiger partial charge < -0.3 is 20.6 Å². The van der Waals surface area contributed by atoms with Crippen LogP contribution in [0.1, 0.15) is 35.2 Å². The van der Waals surface area contributed by atoms with Crippen LogP contribution in [0.3, 0.4) is 0 Å². The number of aliphatic carboxylic acids is 1. The number of carbonyl (C=O) groups excluding carboxylic acids is 3. The molecule has 1 aliphatic heterocycles. The van der Waals surface area contributed by atoms with E-state index >= 15 is 0 Å². The fourth-order valence-corrected chi connectivity index (χ4v) is 5.83. The number of carbonyl (C=O) groups is 4. The third-order valence-corrected chi connectivity index (χ3v) is 8.49. The Morgan fingerprint density at radius 1 is 1.08 bits per heavy atom. The average Bonchev–Trinajstić information content (AvgIpc) is 3.41. The van der Waals surface area contributed by atoms with Gasteiger partial charge in [0.05, 0.1) is 27.1 Å². The first-order valence-corrected chi connectivity index (χ1v) is 14.0. The fraction of sp³-hybridized carbons (Fsp3) is 0.286. The van der Waals surface area contributed by atoms with Crippen LogP contribution in [0.15, 0.2) is 53.9 Å². The molecular weight excluding hydrogens is 561 g/mol. The van der Waals surface area contributed by atoms with Gasteiger partial charge in [0.1, 0.15) is 0 Å². The van der Waals surface area contributed by atoms with Crippen LogP contribution in [-0.4, -0.2) is 59.4 Å². The van der Waals surface area contributed by atoms with Gasteiger partial charge in [0, 0.05) is 37.3 Å². The lowest BCUT2D eigenvalue weighted by molar-refractivity contribution is -0.141. The van der Waals surface area contributed by atoms with E-state index in [0.29, 0.717) is 47.1 Å². The summed E-state index contributed by atoms with van der Waals surface area (Å²) in [7, 11) is 0. The third kappa shape index (κ3) is 7.38. The number of fused-ring (bicyclic) bond motifs is 1. The van der Waals surface area contributed by atoms with E-state index in [0.717, 1.165) is 10.1 Å². The summed E-state index contributed by atoms with van der Waals surface area (Å²) >= 11 is 14.3. The normalized spacial score (nSPS) is 14.9. The van der Waals surface area contributed by atoms with E-state index in [4.69, 9.17) is 23.2 Å². The summed E-state index contributed by atoms with van der Waals surface area (Å²) in [5.41, 5.74) is 1.09. The number of hydrogen-bond acceptors (Lipinski definition) is 5. The SMILES string of the molecule is O=C(O)CC(CNC(=O)c1ccccc1)C(=O)NC1CCN(C(=O)C=Cc2cc3ccsc3c(Cl)c2Cl)CC1. The van der Waals surface area contributed by atoms with Crippen molar-refractivity contribution in [3.8, 4) is 0 Å². The van der Waals surface area contributed by atoms with Crippen molar-refractivity contribution >= 4 is 74.4 Å². The topological polar surface area (TPSA) is 116 Å². The lowest BCUT2D eigenvalue weighted by Gasteiger charge is -2.32. The van der Waals surface area contributed by atoms with Gasteiger partial charge in [-0.15, -0.1) is 11.3 Å². The summed E-state index contributed by atoms with van der Waals surface area (Å²) in [6.45, 7) is 0.763. The summed E-state index contributed by atoms with van der Waals surface area (Å²) in [6, 6.07) is 12.1. The Morgan fingerprint density at radius 3 is 2.49 bits per heavy atom. The maximum absolute atomic E-state index is 12.9. The minimum atomic E-state index is -1.13. The lowest BCUT2D eigenvalue weighted by atomic mass is 10.0. The summed E-state index contributed by atoms with van der Waals surface area (Å²) < 4.78 is 0.901. The van der Waals surface area contributed by atoms with Gasteiger partial charge in [-0.05, 0) is 59.5 Å². The summed E-state index contributed by atoms with van der Waals surface area (Å²) in [6.07, 6.45) is 3.76. The molecule has 204 valence electrons. The smallest absolute Gasteiger partial charge is 0.304 e. The highest BCUT2D eigenvalue weighted by Crippen LogP contribution is 2.37. The number of nitrogens with one attached hydrogen (secondary N) is 2. The van der Waals surface area contributed by atoms with Crippen molar-refractivity contribution in [3.05, 3.63) is 75.1 Å². The van der Waals surface area contributed by atoms with Gasteiger partial charge in [-0.25, -0.2) is 0 Å². The van der Waals surface area contributed by atoms with Crippen molar-refractivity contribution in [2.45, 2.75) is 25.3 Å². The first-order chi connectivity index (χ1) is 18.7. The van der Waals surface area contributed by atoms with E-state index in [1.54, 1.807) is 41.3 Å². The summed E-state index contributed by atoms with van der Waals surface area (Å²) in [5.74, 6) is -3.04. The zero-order chi connectivity index (χ0) is 27.9. The Bertz CT molecular complexity index is 1400. The van der Waals surface area contributed by atoms with E-state index in [1.807, 2.05) is 17.5 Å². The predicted octanol–water partition coefficient (Wildman–Crippen LogP) is 4.85. The average molecular weight is 589 g/mol. The number of likely N-dealkylation sites (tertiary alicyclic amines) is 1. The lowest BCUT2D eigenvalue weighted by Crippen LogP contribution is -2.49. The van der Waals surface area contributed by atoms with Crippen molar-refractivity contribution in [1.29, 1.82) is 0 Å². The molecule has 1 saturated heterocycles. The second kappa shape index (κ2) is 13.1. The molecule has 39 heavy (non-hydrogen) atoms. The number of amides is 3. The molecule has 3 amide bonds. The molecule has 3 N–H and O–H groups in total. The van der Waals surface area contributed by atoms with Crippen molar-refractivity contribution in [3.63, 3.8) is 0 Å². The minimum absolute atomic E-state index is 0.0995. The van der Waals surface area contributed by atoms with Gasteiger partial charge in [0.15, 0.2) is 0 Å². The molecule has 4 rings (SSSR count). The number of carboxylic acid groups (broad SMARTS) is 1. The number of thiophene rings is 1. The van der Waals surface area contributed by atoms with Gasteiger partial charge in [-0.1, -0.05) is 41.4 Å². The Hall–Kier alpha value is -3.40. The highest BCUT2D eigenvalue weighted by molar-refractivity contribution is 7.18. The van der Waals surface area contributed by atoms with Crippen molar-refractivity contribution in [1.82, 2.24) is 15.5 Å². The molecule has 0 spiro atoms. The van der Waals surface area contributed by atoms with E-state index < -0.39 is 24.2 Å². The molecule has 1 aromatic heterocycles. The molecule has 0 aliphatic carbocycles. The molecule has 2 heterocycles. The van der Waals surface area contributed by atoms with E-state index in [1.165, 1.54) is 17.4 Å². The van der Waals surface area contributed by atoms with Crippen LogP contribution in [0.4, 0.5) is 0 Å². The van der Waals surface area contributed by atoms with Crippen LogP contribution in [0.2, 0.25) is 10.0 Å².